The molecule has 1 fully saturated rings. The fourth-order valence-electron chi connectivity index (χ4n) is 4.39. The Bertz CT molecular complexity index is 874. The summed E-state index contributed by atoms with van der Waals surface area (Å²) in [6, 6.07) is 6.65. The molecule has 2 atom stereocenters. The highest BCUT2D eigenvalue weighted by molar-refractivity contribution is 5.98. The maximum absolute atomic E-state index is 13.4. The van der Waals surface area contributed by atoms with Gasteiger partial charge < -0.3 is 15.0 Å². The van der Waals surface area contributed by atoms with Crippen LogP contribution in [0.5, 0.6) is 0 Å². The molecular weight excluding hydrogens is 406 g/mol. The van der Waals surface area contributed by atoms with Crippen LogP contribution in [-0.2, 0) is 14.9 Å². The van der Waals surface area contributed by atoms with E-state index in [0.29, 0.717) is 31.6 Å². The first-order chi connectivity index (χ1) is 13.9. The number of hydrogen-bond acceptors (Lipinski definition) is 7. The number of methoxy groups -OCH3 is 1. The van der Waals surface area contributed by atoms with Gasteiger partial charge in [-0.15, -0.1) is 17.5 Å². The number of benzene rings is 1. The number of carbonyl (C=O) groups excluding carboxylic acids is 1. The topological polar surface area (TPSA) is 99.3 Å². The van der Waals surface area contributed by atoms with Crippen molar-refractivity contribution < 1.29 is 9.53 Å². The molecule has 2 aliphatic rings. The number of H-pyrrole nitrogens is 1. The molecule has 30 heavy (non-hydrogen) atoms. The van der Waals surface area contributed by atoms with Crippen LogP contribution >= 0.6 is 12.4 Å². The van der Waals surface area contributed by atoms with Crippen LogP contribution in [0.25, 0.3) is 11.4 Å². The molecule has 164 valence electrons. The highest BCUT2D eigenvalue weighted by atomic mass is 35.5. The zero-order chi connectivity index (χ0) is 20.6. The smallest absolute Gasteiger partial charge is 0.241 e. The molecule has 9 nitrogen and oxygen atoms in total. The number of amides is 1. The van der Waals surface area contributed by atoms with Crippen molar-refractivity contribution in [3.8, 4) is 11.4 Å². The summed E-state index contributed by atoms with van der Waals surface area (Å²) < 4.78 is 5.37. The molecular formula is C20H30ClN7O2. The summed E-state index contributed by atoms with van der Waals surface area (Å²) in [5.74, 6) is 0.709. The van der Waals surface area contributed by atoms with Crippen LogP contribution in [0.1, 0.15) is 26.3 Å². The van der Waals surface area contributed by atoms with Crippen LogP contribution in [0.3, 0.4) is 0 Å². The molecule has 0 bridgehead atoms. The second kappa shape index (κ2) is 8.97. The van der Waals surface area contributed by atoms with Crippen LogP contribution in [0.4, 0.5) is 5.69 Å². The molecule has 0 aliphatic carbocycles. The summed E-state index contributed by atoms with van der Waals surface area (Å²) in [6.07, 6.45) is 0. The van der Waals surface area contributed by atoms with Crippen molar-refractivity contribution in [3.05, 3.63) is 23.8 Å². The largest absolute Gasteiger partial charge is 0.383 e. The van der Waals surface area contributed by atoms with E-state index >= 15 is 0 Å². The van der Waals surface area contributed by atoms with Crippen molar-refractivity contribution in [1.29, 1.82) is 0 Å². The highest BCUT2D eigenvalue weighted by Gasteiger charge is 2.39. The summed E-state index contributed by atoms with van der Waals surface area (Å²) in [6.45, 7) is 9.80. The lowest BCUT2D eigenvalue weighted by Crippen LogP contribution is -2.59. The minimum absolute atomic E-state index is 0. The predicted octanol–water partition coefficient (Wildman–Crippen LogP) is 1.22. The number of ether oxygens (including phenoxy) is 1. The van der Waals surface area contributed by atoms with Gasteiger partial charge in [0.25, 0.3) is 0 Å². The summed E-state index contributed by atoms with van der Waals surface area (Å²) >= 11 is 0. The minimum atomic E-state index is -0.105. The second-order valence-corrected chi connectivity index (χ2v) is 8.69. The average molecular weight is 436 g/mol. The summed E-state index contributed by atoms with van der Waals surface area (Å²) in [5.41, 5.74) is 2.88. The third-order valence-corrected chi connectivity index (χ3v) is 5.91. The number of aromatic amines is 1. The number of nitrogens with zero attached hydrogens (tertiary/aromatic N) is 5. The molecule has 1 saturated heterocycles. The Morgan fingerprint density at radius 1 is 1.37 bits per heavy atom. The molecule has 10 heteroatoms. The van der Waals surface area contributed by atoms with Crippen molar-refractivity contribution in [1.82, 2.24) is 30.8 Å². The van der Waals surface area contributed by atoms with Gasteiger partial charge in [0.1, 0.15) is 0 Å². The van der Waals surface area contributed by atoms with E-state index in [0.717, 1.165) is 24.3 Å². The molecule has 0 saturated carbocycles. The third kappa shape index (κ3) is 4.34. The summed E-state index contributed by atoms with van der Waals surface area (Å²) in [7, 11) is 1.71. The lowest BCUT2D eigenvalue weighted by molar-refractivity contribution is -0.121. The fraction of sp³-hybridized carbons (Fsp3) is 0.600. The second-order valence-electron chi connectivity index (χ2n) is 8.69. The molecule has 1 aromatic heterocycles. The monoisotopic (exact) mass is 435 g/mol. The van der Waals surface area contributed by atoms with Crippen molar-refractivity contribution in [2.75, 3.05) is 44.8 Å². The van der Waals surface area contributed by atoms with Gasteiger partial charge >= 0.3 is 0 Å². The summed E-state index contributed by atoms with van der Waals surface area (Å²) in [5, 5.41) is 17.6. The van der Waals surface area contributed by atoms with Gasteiger partial charge in [0.15, 0.2) is 5.82 Å². The Morgan fingerprint density at radius 3 is 2.87 bits per heavy atom. The standard InChI is InChI=1S/C20H29N7O2.ClH/c1-13-9-26(15(8-21-13)11-29-4)10-18(28)27-12-20(2,3)16-6-5-14(7-17(16)27)19-22-24-25-23-19;/h5-7,13,15,21H,8-12H2,1-4H3,(H,22,23,24,25);1H/t13-,15-;/m1./s1. The van der Waals surface area contributed by atoms with Gasteiger partial charge in [-0.3, -0.25) is 9.69 Å². The van der Waals surface area contributed by atoms with Crippen LogP contribution in [0, 0.1) is 0 Å². The van der Waals surface area contributed by atoms with E-state index in [1.807, 2.05) is 17.0 Å². The number of aromatic nitrogens is 4. The predicted molar refractivity (Wildman–Crippen MR) is 117 cm³/mol. The normalized spacial score (nSPS) is 23.1. The first kappa shape index (κ1) is 22.6. The van der Waals surface area contributed by atoms with Gasteiger partial charge in [0.2, 0.25) is 5.91 Å². The van der Waals surface area contributed by atoms with E-state index in [9.17, 15) is 4.79 Å². The van der Waals surface area contributed by atoms with Gasteiger partial charge in [-0.25, -0.2) is 5.10 Å². The van der Waals surface area contributed by atoms with E-state index in [4.69, 9.17) is 4.74 Å². The maximum atomic E-state index is 13.4. The number of rotatable bonds is 5. The zero-order valence-corrected chi connectivity index (χ0v) is 18.7. The minimum Gasteiger partial charge on any atom is -0.383 e. The van der Waals surface area contributed by atoms with Crippen molar-refractivity contribution in [2.45, 2.75) is 38.3 Å². The number of hydrogen-bond donors (Lipinski definition) is 2. The molecule has 1 amide bonds. The first-order valence-corrected chi connectivity index (χ1v) is 10.0. The van der Waals surface area contributed by atoms with E-state index < -0.39 is 0 Å². The first-order valence-electron chi connectivity index (χ1n) is 10.0. The molecule has 2 aromatic rings. The number of halogens is 1. The van der Waals surface area contributed by atoms with Gasteiger partial charge in [-0.05, 0) is 29.0 Å². The third-order valence-electron chi connectivity index (χ3n) is 5.91. The van der Waals surface area contributed by atoms with Crippen LogP contribution in [0.2, 0.25) is 0 Å². The summed E-state index contributed by atoms with van der Waals surface area (Å²) in [4.78, 5) is 17.5. The molecule has 4 rings (SSSR count). The quantitative estimate of drug-likeness (QED) is 0.728. The Morgan fingerprint density at radius 2 is 2.17 bits per heavy atom. The highest BCUT2D eigenvalue weighted by Crippen LogP contribution is 2.42. The molecule has 0 unspecified atom stereocenters. The fourth-order valence-corrected chi connectivity index (χ4v) is 4.39. The number of piperazine rings is 1. The Balaban J connectivity index is 0.00000256. The molecule has 3 heterocycles. The number of anilines is 1. The van der Waals surface area contributed by atoms with Crippen LogP contribution in [-0.4, -0.2) is 83.4 Å². The zero-order valence-electron chi connectivity index (χ0n) is 17.9. The Labute approximate surface area is 182 Å². The van der Waals surface area contributed by atoms with Gasteiger partial charge in [0, 0.05) is 55.5 Å². The SMILES string of the molecule is COC[C@H]1CN[C@H](C)CN1CC(=O)N1CC(C)(C)c2ccc(-c3nnn[nH]3)cc21.Cl. The molecule has 1 aromatic carbocycles. The van der Waals surface area contributed by atoms with Crippen LogP contribution in [0.15, 0.2) is 18.2 Å². The number of tetrazole rings is 1. The Kier molecular flexibility index (Phi) is 6.76. The van der Waals surface area contributed by atoms with Gasteiger partial charge in [0.05, 0.1) is 13.2 Å². The van der Waals surface area contributed by atoms with Crippen molar-refractivity contribution in [3.63, 3.8) is 0 Å². The van der Waals surface area contributed by atoms with Crippen LogP contribution < -0.4 is 10.2 Å². The van der Waals surface area contributed by atoms with E-state index in [1.54, 1.807) is 7.11 Å². The van der Waals surface area contributed by atoms with Gasteiger partial charge in [-0.2, -0.15) is 0 Å². The molecule has 0 spiro atoms. The average Bonchev–Trinajstić information content (AvgIpc) is 3.30. The molecule has 2 N–H and O–H groups in total. The lowest BCUT2D eigenvalue weighted by Gasteiger charge is -2.39. The molecule has 2 aliphatic heterocycles. The molecule has 0 radical (unpaired) electrons. The lowest BCUT2D eigenvalue weighted by atomic mass is 9.86. The van der Waals surface area contributed by atoms with E-state index in [2.05, 4.69) is 57.7 Å². The van der Waals surface area contributed by atoms with Crippen molar-refractivity contribution in [2.24, 2.45) is 0 Å². The van der Waals surface area contributed by atoms with Gasteiger partial charge in [-0.1, -0.05) is 26.0 Å². The van der Waals surface area contributed by atoms with E-state index in [1.165, 1.54) is 5.56 Å². The number of nitrogens with one attached hydrogen (secondary N) is 2. The number of fused-ring (bicyclic) bond motifs is 1. The maximum Gasteiger partial charge on any atom is 0.241 e. The Hall–Kier alpha value is -2.07. The van der Waals surface area contributed by atoms with E-state index in [-0.39, 0.29) is 29.8 Å². The van der Waals surface area contributed by atoms with Crippen molar-refractivity contribution >= 4 is 24.0 Å². The number of carbonyl (C=O) groups is 1.